The highest BCUT2D eigenvalue weighted by atomic mass is 16.5. The highest BCUT2D eigenvalue weighted by Crippen LogP contribution is 1.99. The Morgan fingerprint density at radius 2 is 1.65 bits per heavy atom. The maximum Gasteiger partial charge on any atom is 0.322 e. The molecule has 0 heterocycles. The average Bonchev–Trinajstić information content (AvgIpc) is 2.47. The molecule has 0 aliphatic heterocycles. The zero-order valence-corrected chi connectivity index (χ0v) is 13.3. The molecule has 1 N–H and O–H groups in total. The molecule has 0 spiro atoms. The first-order valence-corrected chi connectivity index (χ1v) is 7.32. The van der Waals surface area contributed by atoms with Gasteiger partial charge in [-0.25, -0.2) is 0 Å². The lowest BCUT2D eigenvalue weighted by atomic mass is 10.2. The predicted octanol–water partition coefficient (Wildman–Crippen LogP) is 0.513. The van der Waals surface area contributed by atoms with E-state index in [0.717, 1.165) is 32.8 Å². The summed E-state index contributed by atoms with van der Waals surface area (Å²) in [6.07, 6.45) is 0.710. The van der Waals surface area contributed by atoms with E-state index in [0.29, 0.717) is 19.6 Å². The minimum atomic E-state index is -0.262. The van der Waals surface area contributed by atoms with Crippen LogP contribution in [0.4, 0.5) is 0 Å². The number of nitrogens with zero attached hydrogens (tertiary/aromatic N) is 1. The fourth-order valence-electron chi connectivity index (χ4n) is 1.85. The van der Waals surface area contributed by atoms with Crippen LogP contribution in [0.5, 0.6) is 0 Å². The summed E-state index contributed by atoms with van der Waals surface area (Å²) in [4.78, 5) is 13.8. The van der Waals surface area contributed by atoms with Gasteiger partial charge in [-0.2, -0.15) is 0 Å². The van der Waals surface area contributed by atoms with Crippen molar-refractivity contribution in [1.29, 1.82) is 0 Å². The topological polar surface area (TPSA) is 60.0 Å². The molecular weight excluding hydrogens is 260 g/mol. The molecule has 0 aromatic heterocycles. The van der Waals surface area contributed by atoms with Crippen molar-refractivity contribution >= 4 is 5.97 Å². The summed E-state index contributed by atoms with van der Waals surface area (Å²) in [5.74, 6) is -0.220. The van der Waals surface area contributed by atoms with Crippen molar-refractivity contribution in [2.45, 2.75) is 26.3 Å². The Kier molecular flexibility index (Phi) is 12.8. The maximum atomic E-state index is 11.5. The minimum absolute atomic E-state index is 0.220. The first-order chi connectivity index (χ1) is 9.69. The zero-order chi connectivity index (χ0) is 15.2. The van der Waals surface area contributed by atoms with Crippen LogP contribution in [0.3, 0.4) is 0 Å². The summed E-state index contributed by atoms with van der Waals surface area (Å²) in [5.41, 5.74) is 0. The summed E-state index contributed by atoms with van der Waals surface area (Å²) >= 11 is 0. The molecule has 1 unspecified atom stereocenters. The summed E-state index contributed by atoms with van der Waals surface area (Å²) in [7, 11) is 3.18. The third-order valence-corrected chi connectivity index (χ3v) is 3.08. The summed E-state index contributed by atoms with van der Waals surface area (Å²) in [6.45, 7) is 9.31. The minimum Gasteiger partial charge on any atom is -0.468 e. The molecule has 0 saturated heterocycles. The maximum absolute atomic E-state index is 11.5. The Hall–Kier alpha value is -0.690. The molecule has 0 aliphatic rings. The molecule has 20 heavy (non-hydrogen) atoms. The monoisotopic (exact) mass is 290 g/mol. The Balaban J connectivity index is 4.12. The lowest BCUT2D eigenvalue weighted by Gasteiger charge is -2.24. The normalized spacial score (nSPS) is 12.7. The van der Waals surface area contributed by atoms with Gasteiger partial charge in [0.15, 0.2) is 0 Å². The SMILES string of the molecule is CCOCCN(CCOCC)CCC(NC)C(=O)OC. The van der Waals surface area contributed by atoms with Gasteiger partial charge in [-0.05, 0) is 27.3 Å². The second-order valence-electron chi connectivity index (χ2n) is 4.39. The van der Waals surface area contributed by atoms with Gasteiger partial charge in [-0.1, -0.05) is 0 Å². The van der Waals surface area contributed by atoms with Crippen LogP contribution >= 0.6 is 0 Å². The summed E-state index contributed by atoms with van der Waals surface area (Å²) < 4.78 is 15.5. The molecular formula is C14H30N2O4. The first-order valence-electron chi connectivity index (χ1n) is 7.32. The van der Waals surface area contributed by atoms with E-state index in [4.69, 9.17) is 14.2 Å². The molecule has 0 aliphatic carbocycles. The van der Waals surface area contributed by atoms with Crippen molar-refractivity contribution in [2.75, 3.05) is 60.2 Å². The molecule has 6 heteroatoms. The number of methoxy groups -OCH3 is 1. The molecule has 1 atom stereocenters. The molecule has 120 valence electrons. The molecule has 0 aromatic carbocycles. The van der Waals surface area contributed by atoms with Gasteiger partial charge in [0.05, 0.1) is 20.3 Å². The largest absolute Gasteiger partial charge is 0.468 e. The smallest absolute Gasteiger partial charge is 0.322 e. The quantitative estimate of drug-likeness (QED) is 0.394. The Morgan fingerprint density at radius 3 is 2.05 bits per heavy atom. The Morgan fingerprint density at radius 1 is 1.10 bits per heavy atom. The number of carbonyl (C=O) groups excluding carboxylic acids is 1. The average molecular weight is 290 g/mol. The standard InChI is InChI=1S/C14H30N2O4/c1-5-19-11-9-16(10-12-20-6-2)8-7-13(15-3)14(17)18-4/h13,15H,5-12H2,1-4H3. The van der Waals surface area contributed by atoms with Gasteiger partial charge in [0.25, 0.3) is 0 Å². The van der Waals surface area contributed by atoms with Crippen LogP contribution in [0.25, 0.3) is 0 Å². The number of likely N-dealkylation sites (N-methyl/N-ethyl adjacent to an activating group) is 1. The number of ether oxygens (including phenoxy) is 3. The van der Waals surface area contributed by atoms with Crippen molar-refractivity contribution in [3.8, 4) is 0 Å². The number of nitrogens with one attached hydrogen (secondary N) is 1. The van der Waals surface area contributed by atoms with Crippen LogP contribution < -0.4 is 5.32 Å². The number of hydrogen-bond acceptors (Lipinski definition) is 6. The summed E-state index contributed by atoms with van der Waals surface area (Å²) in [5, 5.41) is 2.98. The fourth-order valence-corrected chi connectivity index (χ4v) is 1.85. The van der Waals surface area contributed by atoms with Gasteiger partial charge in [0, 0.05) is 32.8 Å². The highest BCUT2D eigenvalue weighted by Gasteiger charge is 2.18. The van der Waals surface area contributed by atoms with Gasteiger partial charge in [0.2, 0.25) is 0 Å². The van der Waals surface area contributed by atoms with E-state index in [9.17, 15) is 4.79 Å². The van der Waals surface area contributed by atoms with Crippen molar-refractivity contribution < 1.29 is 19.0 Å². The van der Waals surface area contributed by atoms with Gasteiger partial charge in [0.1, 0.15) is 6.04 Å². The predicted molar refractivity (Wildman–Crippen MR) is 78.9 cm³/mol. The van der Waals surface area contributed by atoms with Gasteiger partial charge in [-0.3, -0.25) is 9.69 Å². The summed E-state index contributed by atoms with van der Waals surface area (Å²) in [6, 6.07) is -0.262. The van der Waals surface area contributed by atoms with E-state index in [-0.39, 0.29) is 12.0 Å². The lowest BCUT2D eigenvalue weighted by Crippen LogP contribution is -2.40. The van der Waals surface area contributed by atoms with Crippen molar-refractivity contribution in [2.24, 2.45) is 0 Å². The van der Waals surface area contributed by atoms with Crippen LogP contribution in [0, 0.1) is 0 Å². The number of rotatable bonds is 13. The van der Waals surface area contributed by atoms with Gasteiger partial charge >= 0.3 is 5.97 Å². The second kappa shape index (κ2) is 13.3. The molecule has 0 fully saturated rings. The number of carbonyl (C=O) groups is 1. The van der Waals surface area contributed by atoms with Crippen LogP contribution in [0.15, 0.2) is 0 Å². The molecule has 0 aromatic rings. The molecule has 6 nitrogen and oxygen atoms in total. The van der Waals surface area contributed by atoms with Crippen molar-refractivity contribution in [3.63, 3.8) is 0 Å². The van der Waals surface area contributed by atoms with Crippen LogP contribution in [-0.2, 0) is 19.0 Å². The van der Waals surface area contributed by atoms with Crippen molar-refractivity contribution in [1.82, 2.24) is 10.2 Å². The van der Waals surface area contributed by atoms with Crippen molar-refractivity contribution in [3.05, 3.63) is 0 Å². The second-order valence-corrected chi connectivity index (χ2v) is 4.39. The Labute approximate surface area is 122 Å². The molecule has 0 saturated carbocycles. The highest BCUT2D eigenvalue weighted by molar-refractivity contribution is 5.75. The molecule has 0 bridgehead atoms. The third-order valence-electron chi connectivity index (χ3n) is 3.08. The van der Waals surface area contributed by atoms with E-state index in [1.165, 1.54) is 7.11 Å². The molecule has 0 rings (SSSR count). The van der Waals surface area contributed by atoms with E-state index in [1.807, 2.05) is 13.8 Å². The number of hydrogen-bond donors (Lipinski definition) is 1. The van der Waals surface area contributed by atoms with Crippen LogP contribution in [0.1, 0.15) is 20.3 Å². The van der Waals surface area contributed by atoms with Crippen LogP contribution in [-0.4, -0.2) is 77.1 Å². The van der Waals surface area contributed by atoms with E-state index in [1.54, 1.807) is 7.05 Å². The van der Waals surface area contributed by atoms with E-state index < -0.39 is 0 Å². The fraction of sp³-hybridized carbons (Fsp3) is 0.929. The number of esters is 1. The Bertz CT molecular complexity index is 229. The van der Waals surface area contributed by atoms with Gasteiger partial charge in [-0.15, -0.1) is 0 Å². The zero-order valence-electron chi connectivity index (χ0n) is 13.3. The molecule has 0 radical (unpaired) electrons. The lowest BCUT2D eigenvalue weighted by molar-refractivity contribution is -0.143. The van der Waals surface area contributed by atoms with E-state index >= 15 is 0 Å². The molecule has 0 amide bonds. The first kappa shape index (κ1) is 19.3. The van der Waals surface area contributed by atoms with Crippen LogP contribution in [0.2, 0.25) is 0 Å². The van der Waals surface area contributed by atoms with Gasteiger partial charge < -0.3 is 19.5 Å². The third kappa shape index (κ3) is 9.25. The van der Waals surface area contributed by atoms with E-state index in [2.05, 4.69) is 10.2 Å².